The highest BCUT2D eigenvalue weighted by atomic mass is 28.4. The Morgan fingerprint density at radius 2 is 1.69 bits per heavy atom. The van der Waals surface area contributed by atoms with Crippen LogP contribution in [-0.2, 0) is 4.43 Å². The van der Waals surface area contributed by atoms with Gasteiger partial charge in [0.05, 0.1) is 6.07 Å². The van der Waals surface area contributed by atoms with Crippen LogP contribution in [0.15, 0.2) is 0 Å². The molecule has 1 atom stereocenters. The summed E-state index contributed by atoms with van der Waals surface area (Å²) in [5.41, 5.74) is -1.09. The molecule has 0 rings (SSSR count). The zero-order chi connectivity index (χ0) is 13.0. The lowest BCUT2D eigenvalue weighted by Gasteiger charge is -2.30. The summed E-state index contributed by atoms with van der Waals surface area (Å²) in [4.78, 5) is 0. The van der Waals surface area contributed by atoms with E-state index in [2.05, 4.69) is 0 Å². The van der Waals surface area contributed by atoms with Gasteiger partial charge in [-0.2, -0.15) is 18.4 Å². The van der Waals surface area contributed by atoms with Gasteiger partial charge in [0, 0.05) is 6.42 Å². The molecule has 0 aromatic carbocycles. The Balaban J connectivity index is 4.25. The van der Waals surface area contributed by atoms with Crippen LogP contribution in [-0.4, -0.2) is 20.1 Å². The topological polar surface area (TPSA) is 33.0 Å². The molecule has 0 spiro atoms. The molecule has 0 aromatic heterocycles. The zero-order valence-electron chi connectivity index (χ0n) is 10.1. The second-order valence-corrected chi connectivity index (χ2v) is 9.45. The molecule has 0 N–H and O–H groups in total. The zero-order valence-corrected chi connectivity index (χ0v) is 11.1. The fraction of sp³-hybridized carbons (Fsp3) is 0.900. The lowest BCUT2D eigenvalue weighted by Crippen LogP contribution is -2.39. The summed E-state index contributed by atoms with van der Waals surface area (Å²) in [6.45, 7) is 7.28. The monoisotopic (exact) mass is 253 g/mol. The van der Waals surface area contributed by atoms with E-state index in [4.69, 9.17) is 9.69 Å². The molecule has 0 aliphatic heterocycles. The van der Waals surface area contributed by atoms with Gasteiger partial charge in [-0.3, -0.25) is 0 Å². The van der Waals surface area contributed by atoms with Gasteiger partial charge in [-0.15, -0.1) is 0 Å². The van der Waals surface area contributed by atoms with Crippen LogP contribution in [0.1, 0.15) is 26.2 Å². The van der Waals surface area contributed by atoms with Crippen molar-refractivity contribution in [2.75, 3.05) is 0 Å². The third-order valence-electron chi connectivity index (χ3n) is 1.88. The van der Waals surface area contributed by atoms with Crippen molar-refractivity contribution >= 4 is 8.32 Å². The van der Waals surface area contributed by atoms with Crippen LogP contribution in [0.5, 0.6) is 0 Å². The number of alkyl halides is 3. The molecule has 6 heteroatoms. The Bertz CT molecular complexity index is 267. The maximum atomic E-state index is 12.0. The molecule has 1 unspecified atom stereocenters. The minimum Gasteiger partial charge on any atom is -0.400 e. The summed E-state index contributed by atoms with van der Waals surface area (Å²) in [7, 11) is -1.91. The SMILES string of the molecule is CC(C#N)(CCCC(F)(F)F)O[Si](C)(C)C. The Hall–Kier alpha value is -0.543. The Labute approximate surface area is 95.5 Å². The first-order chi connectivity index (χ1) is 6.97. The summed E-state index contributed by atoms with van der Waals surface area (Å²) in [5, 5.41) is 8.94. The summed E-state index contributed by atoms with van der Waals surface area (Å²) in [6.07, 6.45) is -4.97. The molecular weight excluding hydrogens is 235 g/mol. The molecule has 0 amide bonds. The predicted molar refractivity (Wildman–Crippen MR) is 58.4 cm³/mol. The molecular formula is C10H18F3NOSi. The number of hydrogen-bond acceptors (Lipinski definition) is 2. The highest BCUT2D eigenvalue weighted by Crippen LogP contribution is 2.28. The van der Waals surface area contributed by atoms with Crippen molar-refractivity contribution in [2.24, 2.45) is 0 Å². The first kappa shape index (κ1) is 15.5. The van der Waals surface area contributed by atoms with Gasteiger partial charge in [-0.25, -0.2) is 0 Å². The van der Waals surface area contributed by atoms with Gasteiger partial charge in [-0.05, 0) is 39.4 Å². The smallest absolute Gasteiger partial charge is 0.389 e. The van der Waals surface area contributed by atoms with Crippen LogP contribution in [0.4, 0.5) is 13.2 Å². The molecule has 0 saturated heterocycles. The van der Waals surface area contributed by atoms with E-state index < -0.39 is 26.5 Å². The van der Waals surface area contributed by atoms with Crippen molar-refractivity contribution < 1.29 is 17.6 Å². The fourth-order valence-electron chi connectivity index (χ4n) is 1.43. The predicted octanol–water partition coefficient (Wildman–Crippen LogP) is 3.85. The molecule has 0 aliphatic carbocycles. The summed E-state index contributed by atoms with van der Waals surface area (Å²) in [5.74, 6) is 0. The molecule has 0 aromatic rings. The van der Waals surface area contributed by atoms with E-state index in [0.717, 1.165) is 0 Å². The van der Waals surface area contributed by atoms with E-state index in [-0.39, 0.29) is 12.8 Å². The molecule has 0 fully saturated rings. The van der Waals surface area contributed by atoms with Gasteiger partial charge in [0.2, 0.25) is 0 Å². The maximum Gasteiger partial charge on any atom is 0.389 e. The lowest BCUT2D eigenvalue weighted by molar-refractivity contribution is -0.136. The van der Waals surface area contributed by atoms with Crippen molar-refractivity contribution in [1.82, 2.24) is 0 Å². The third kappa shape index (κ3) is 7.71. The molecule has 94 valence electrons. The van der Waals surface area contributed by atoms with Crippen molar-refractivity contribution in [3.05, 3.63) is 0 Å². The second kappa shape index (κ2) is 5.19. The standard InChI is InChI=1S/C10H18F3NOSi/c1-9(8-14,15-16(2,3)4)6-5-7-10(11,12)13/h5-7H2,1-4H3. The van der Waals surface area contributed by atoms with Crippen LogP contribution >= 0.6 is 0 Å². The Kier molecular flexibility index (Phi) is 5.01. The van der Waals surface area contributed by atoms with Gasteiger partial charge < -0.3 is 4.43 Å². The first-order valence-electron chi connectivity index (χ1n) is 5.16. The third-order valence-corrected chi connectivity index (χ3v) is 2.94. The van der Waals surface area contributed by atoms with E-state index in [1.807, 2.05) is 25.7 Å². The highest BCUT2D eigenvalue weighted by Gasteiger charge is 2.33. The first-order valence-corrected chi connectivity index (χ1v) is 8.56. The van der Waals surface area contributed by atoms with Crippen LogP contribution in [0, 0.1) is 11.3 Å². The lowest BCUT2D eigenvalue weighted by atomic mass is 10.0. The van der Waals surface area contributed by atoms with Gasteiger partial charge in [0.1, 0.15) is 5.60 Å². The van der Waals surface area contributed by atoms with Gasteiger partial charge in [0.15, 0.2) is 8.32 Å². The average Bonchev–Trinajstić information content (AvgIpc) is 1.98. The molecule has 0 radical (unpaired) electrons. The summed E-state index contributed by atoms with van der Waals surface area (Å²) < 4.78 is 41.5. The normalized spacial score (nSPS) is 16.6. The van der Waals surface area contributed by atoms with Crippen LogP contribution in [0.3, 0.4) is 0 Å². The van der Waals surface area contributed by atoms with Gasteiger partial charge in [-0.1, -0.05) is 0 Å². The number of halogens is 3. The Morgan fingerprint density at radius 1 is 1.19 bits per heavy atom. The van der Waals surface area contributed by atoms with Crippen LogP contribution in [0.2, 0.25) is 19.6 Å². The van der Waals surface area contributed by atoms with Crippen LogP contribution in [0.25, 0.3) is 0 Å². The van der Waals surface area contributed by atoms with E-state index in [1.54, 1.807) is 6.92 Å². The number of hydrogen-bond donors (Lipinski definition) is 0. The minimum atomic E-state index is -4.16. The highest BCUT2D eigenvalue weighted by molar-refractivity contribution is 6.69. The number of nitrogens with zero attached hydrogens (tertiary/aromatic N) is 1. The van der Waals surface area contributed by atoms with Crippen molar-refractivity contribution in [3.8, 4) is 6.07 Å². The van der Waals surface area contributed by atoms with E-state index in [9.17, 15) is 13.2 Å². The van der Waals surface area contributed by atoms with Crippen LogP contribution < -0.4 is 0 Å². The fourth-order valence-corrected chi connectivity index (χ4v) is 2.93. The molecule has 0 saturated carbocycles. The molecule has 0 heterocycles. The minimum absolute atomic E-state index is 0.0714. The second-order valence-electron chi connectivity index (χ2n) is 5.03. The molecule has 0 aliphatic rings. The number of rotatable bonds is 5. The van der Waals surface area contributed by atoms with Crippen molar-refractivity contribution in [3.63, 3.8) is 0 Å². The van der Waals surface area contributed by atoms with E-state index >= 15 is 0 Å². The van der Waals surface area contributed by atoms with Crippen molar-refractivity contribution in [1.29, 1.82) is 5.26 Å². The Morgan fingerprint density at radius 3 is 2.00 bits per heavy atom. The quantitative estimate of drug-likeness (QED) is 0.697. The van der Waals surface area contributed by atoms with Gasteiger partial charge >= 0.3 is 6.18 Å². The van der Waals surface area contributed by atoms with E-state index in [0.29, 0.717) is 0 Å². The summed E-state index contributed by atoms with van der Waals surface area (Å²) in [6, 6.07) is 1.97. The largest absolute Gasteiger partial charge is 0.400 e. The number of nitriles is 1. The van der Waals surface area contributed by atoms with Crippen molar-refractivity contribution in [2.45, 2.75) is 57.6 Å². The molecule has 2 nitrogen and oxygen atoms in total. The average molecular weight is 253 g/mol. The summed E-state index contributed by atoms with van der Waals surface area (Å²) >= 11 is 0. The van der Waals surface area contributed by atoms with Gasteiger partial charge in [0.25, 0.3) is 0 Å². The molecule has 16 heavy (non-hydrogen) atoms. The van der Waals surface area contributed by atoms with E-state index in [1.165, 1.54) is 0 Å². The molecule has 0 bridgehead atoms. The maximum absolute atomic E-state index is 12.0.